The minimum absolute atomic E-state index is 0.0631. The number of halogens is 1. The average Bonchev–Trinajstić information content (AvgIpc) is 2.97. The highest BCUT2D eigenvalue weighted by atomic mass is 35.5. The monoisotopic (exact) mass is 377 g/mol. The van der Waals surface area contributed by atoms with Gasteiger partial charge in [0, 0.05) is 22.1 Å². The first kappa shape index (κ1) is 17.1. The molecule has 1 amide bonds. The van der Waals surface area contributed by atoms with Crippen LogP contribution in [0.5, 0.6) is 0 Å². The molecule has 24 heavy (non-hydrogen) atoms. The topological polar surface area (TPSA) is 54.0 Å². The highest BCUT2D eigenvalue weighted by molar-refractivity contribution is 7.99. The predicted molar refractivity (Wildman–Crippen MR) is 103 cm³/mol. The van der Waals surface area contributed by atoms with E-state index in [-0.39, 0.29) is 5.91 Å². The molecule has 0 bridgehead atoms. The number of amides is 1. The second kappa shape index (κ2) is 7.88. The van der Waals surface area contributed by atoms with Crippen LogP contribution in [0.1, 0.15) is 12.0 Å². The summed E-state index contributed by atoms with van der Waals surface area (Å²) in [5.74, 6) is 0.640. The van der Waals surface area contributed by atoms with Crippen molar-refractivity contribution in [2.75, 3.05) is 11.2 Å². The van der Waals surface area contributed by atoms with Gasteiger partial charge in [0.25, 0.3) is 0 Å². The zero-order valence-corrected chi connectivity index (χ0v) is 15.4. The first-order chi connectivity index (χ1) is 11.6. The molecule has 0 aliphatic rings. The lowest BCUT2D eigenvalue weighted by atomic mass is 10.2. The van der Waals surface area contributed by atoms with Crippen LogP contribution in [0.25, 0.3) is 10.2 Å². The number of rotatable bonds is 6. The van der Waals surface area contributed by atoms with E-state index in [0.29, 0.717) is 22.3 Å². The van der Waals surface area contributed by atoms with Crippen LogP contribution in [0.4, 0.5) is 5.13 Å². The minimum atomic E-state index is -0.0631. The Kier molecular flexibility index (Phi) is 5.60. The summed E-state index contributed by atoms with van der Waals surface area (Å²) in [5.41, 5.74) is 7.71. The van der Waals surface area contributed by atoms with Crippen LogP contribution in [0.2, 0.25) is 5.02 Å². The van der Waals surface area contributed by atoms with Gasteiger partial charge in [-0.05, 0) is 48.9 Å². The number of thiazole rings is 1. The number of anilines is 1. The Balaban J connectivity index is 1.45. The highest BCUT2D eigenvalue weighted by Crippen LogP contribution is 2.26. The maximum absolute atomic E-state index is 11.9. The normalized spacial score (nSPS) is 10.8. The number of aromatic nitrogens is 1. The molecule has 0 spiro atoms. The lowest BCUT2D eigenvalue weighted by Crippen LogP contribution is -2.29. The Morgan fingerprint density at radius 2 is 2.04 bits per heavy atom. The Labute approximate surface area is 153 Å². The van der Waals surface area contributed by atoms with Crippen molar-refractivity contribution in [3.05, 3.63) is 53.1 Å². The van der Waals surface area contributed by atoms with E-state index in [0.717, 1.165) is 15.1 Å². The van der Waals surface area contributed by atoms with Crippen LogP contribution in [0.15, 0.2) is 47.4 Å². The fourth-order valence-corrected chi connectivity index (χ4v) is 3.96. The summed E-state index contributed by atoms with van der Waals surface area (Å²) < 4.78 is 1.10. The number of nitrogens with zero attached hydrogens (tertiary/aromatic N) is 1. The van der Waals surface area contributed by atoms with Gasteiger partial charge in [0.1, 0.15) is 0 Å². The molecule has 0 saturated heterocycles. The molecule has 0 aliphatic heterocycles. The molecule has 3 rings (SSSR count). The Bertz CT molecular complexity index is 849. The fourth-order valence-electron chi connectivity index (χ4n) is 2.06. The van der Waals surface area contributed by atoms with Crippen molar-refractivity contribution in [2.24, 2.45) is 0 Å². The molecule has 2 N–H and O–H groups in total. The number of benzene rings is 2. The van der Waals surface area contributed by atoms with Gasteiger partial charge in [0.05, 0.1) is 10.2 Å². The van der Waals surface area contributed by atoms with Crippen LogP contribution in [0, 0.1) is 6.92 Å². The Morgan fingerprint density at radius 3 is 2.83 bits per heavy atom. The molecule has 0 radical (unpaired) electrons. The third-order valence-electron chi connectivity index (χ3n) is 3.26. The molecule has 0 aliphatic carbocycles. The molecule has 0 unspecified atom stereocenters. The largest absolute Gasteiger partial charge is 0.273 e. The molecular weight excluding hydrogens is 362 g/mol. The van der Waals surface area contributed by atoms with E-state index < -0.39 is 0 Å². The van der Waals surface area contributed by atoms with E-state index in [2.05, 4.69) is 21.9 Å². The number of carbonyl (C=O) groups is 1. The van der Waals surface area contributed by atoms with Crippen LogP contribution in [-0.2, 0) is 4.79 Å². The number of hydrazine groups is 1. The molecule has 3 aromatic rings. The molecule has 0 fully saturated rings. The first-order valence-corrected chi connectivity index (χ1v) is 9.58. The number of nitrogens with one attached hydrogen (secondary N) is 2. The van der Waals surface area contributed by atoms with Gasteiger partial charge >= 0.3 is 0 Å². The van der Waals surface area contributed by atoms with E-state index in [1.54, 1.807) is 11.8 Å². The SMILES string of the molecule is Cc1ccc2nc(NNC(=O)CCSc3ccc(Cl)cc3)sc2c1. The number of hydrogen-bond acceptors (Lipinski definition) is 5. The molecule has 4 nitrogen and oxygen atoms in total. The van der Waals surface area contributed by atoms with Crippen molar-refractivity contribution in [3.8, 4) is 0 Å². The van der Waals surface area contributed by atoms with Crippen LogP contribution >= 0.6 is 34.7 Å². The zero-order chi connectivity index (χ0) is 16.9. The van der Waals surface area contributed by atoms with Crippen molar-refractivity contribution in [1.82, 2.24) is 10.4 Å². The van der Waals surface area contributed by atoms with Gasteiger partial charge in [0.15, 0.2) is 0 Å². The van der Waals surface area contributed by atoms with Crippen molar-refractivity contribution in [3.63, 3.8) is 0 Å². The summed E-state index contributed by atoms with van der Waals surface area (Å²) in [6.07, 6.45) is 0.421. The zero-order valence-electron chi connectivity index (χ0n) is 13.0. The van der Waals surface area contributed by atoms with Crippen molar-refractivity contribution in [2.45, 2.75) is 18.2 Å². The van der Waals surface area contributed by atoms with E-state index in [9.17, 15) is 4.79 Å². The summed E-state index contributed by atoms with van der Waals surface area (Å²) in [6, 6.07) is 13.7. The molecule has 1 heterocycles. The molecule has 0 atom stereocenters. The molecule has 7 heteroatoms. The molecule has 1 aromatic heterocycles. The number of hydrogen-bond donors (Lipinski definition) is 2. The Hall–Kier alpha value is -1.76. The minimum Gasteiger partial charge on any atom is -0.273 e. The van der Waals surface area contributed by atoms with E-state index >= 15 is 0 Å². The third-order valence-corrected chi connectivity index (χ3v) is 5.46. The van der Waals surface area contributed by atoms with E-state index in [4.69, 9.17) is 11.6 Å². The lowest BCUT2D eigenvalue weighted by Gasteiger charge is -2.05. The quantitative estimate of drug-likeness (QED) is 0.474. The lowest BCUT2D eigenvalue weighted by molar-refractivity contribution is -0.120. The number of carbonyl (C=O) groups excluding carboxylic acids is 1. The van der Waals surface area contributed by atoms with E-state index in [1.807, 2.05) is 43.3 Å². The third kappa shape index (κ3) is 4.63. The van der Waals surface area contributed by atoms with Gasteiger partial charge in [-0.25, -0.2) is 4.98 Å². The smallest absolute Gasteiger partial charge is 0.239 e. The summed E-state index contributed by atoms with van der Waals surface area (Å²) in [7, 11) is 0. The summed E-state index contributed by atoms with van der Waals surface area (Å²) >= 11 is 8.99. The van der Waals surface area contributed by atoms with Crippen molar-refractivity contribution < 1.29 is 4.79 Å². The Morgan fingerprint density at radius 1 is 1.25 bits per heavy atom. The van der Waals surface area contributed by atoms with Gasteiger partial charge in [-0.3, -0.25) is 15.6 Å². The van der Waals surface area contributed by atoms with E-state index in [1.165, 1.54) is 16.9 Å². The maximum Gasteiger partial charge on any atom is 0.239 e. The number of thioether (sulfide) groups is 1. The number of aryl methyl sites for hydroxylation is 1. The van der Waals surface area contributed by atoms with Crippen molar-refractivity contribution >= 4 is 56.0 Å². The van der Waals surface area contributed by atoms with Crippen LogP contribution < -0.4 is 10.9 Å². The predicted octanol–water partition coefficient (Wildman–Crippen LogP) is 4.88. The maximum atomic E-state index is 11.9. The van der Waals surface area contributed by atoms with Gasteiger partial charge < -0.3 is 0 Å². The standard InChI is InChI=1S/C17H16ClN3OS2/c1-11-2-7-14-15(10-11)24-17(19-14)21-20-16(22)8-9-23-13-5-3-12(18)4-6-13/h2-7,10H,8-9H2,1H3,(H,19,21)(H,20,22). The van der Waals surface area contributed by atoms with Gasteiger partial charge in [0.2, 0.25) is 11.0 Å². The highest BCUT2D eigenvalue weighted by Gasteiger charge is 2.06. The number of fused-ring (bicyclic) bond motifs is 1. The molecule has 0 saturated carbocycles. The van der Waals surface area contributed by atoms with Gasteiger partial charge in [-0.2, -0.15) is 0 Å². The fraction of sp³-hybridized carbons (Fsp3) is 0.176. The molecular formula is C17H16ClN3OS2. The molecule has 2 aromatic carbocycles. The van der Waals surface area contributed by atoms with Gasteiger partial charge in [-0.1, -0.05) is 29.0 Å². The average molecular weight is 378 g/mol. The van der Waals surface area contributed by atoms with Crippen LogP contribution in [-0.4, -0.2) is 16.6 Å². The summed E-state index contributed by atoms with van der Waals surface area (Å²) in [4.78, 5) is 17.4. The summed E-state index contributed by atoms with van der Waals surface area (Å²) in [5, 5.41) is 1.40. The first-order valence-electron chi connectivity index (χ1n) is 7.40. The van der Waals surface area contributed by atoms with Crippen molar-refractivity contribution in [1.29, 1.82) is 0 Å². The van der Waals surface area contributed by atoms with Crippen LogP contribution in [0.3, 0.4) is 0 Å². The molecule has 124 valence electrons. The van der Waals surface area contributed by atoms with Gasteiger partial charge in [-0.15, -0.1) is 11.8 Å². The second-order valence-corrected chi connectivity index (χ2v) is 7.85. The summed E-state index contributed by atoms with van der Waals surface area (Å²) in [6.45, 7) is 2.05. The second-order valence-electron chi connectivity index (χ2n) is 5.22.